The SMILES string of the molecule is CN(C)C(=O)CC1(O)CCCN(C(=O)NC2CCCN(c3cnn(C)c3)C2)C1. The van der Waals surface area contributed by atoms with Crippen LogP contribution in [0.1, 0.15) is 32.1 Å². The van der Waals surface area contributed by atoms with Gasteiger partial charge in [0.25, 0.3) is 0 Å². The van der Waals surface area contributed by atoms with Gasteiger partial charge in [-0.15, -0.1) is 0 Å². The Morgan fingerprint density at radius 3 is 2.82 bits per heavy atom. The molecule has 9 nitrogen and oxygen atoms in total. The number of rotatable bonds is 4. The highest BCUT2D eigenvalue weighted by Crippen LogP contribution is 2.26. The van der Waals surface area contributed by atoms with Crippen LogP contribution in [0.25, 0.3) is 0 Å². The van der Waals surface area contributed by atoms with Crippen molar-refractivity contribution in [1.29, 1.82) is 0 Å². The number of carbonyl (C=O) groups is 2. The van der Waals surface area contributed by atoms with Gasteiger partial charge < -0.3 is 25.1 Å². The average Bonchev–Trinajstić information content (AvgIpc) is 3.08. The number of nitrogens with zero attached hydrogens (tertiary/aromatic N) is 5. The van der Waals surface area contributed by atoms with Gasteiger partial charge in [-0.1, -0.05) is 0 Å². The molecule has 2 atom stereocenters. The molecule has 0 radical (unpaired) electrons. The largest absolute Gasteiger partial charge is 0.387 e. The van der Waals surface area contributed by atoms with Crippen molar-refractivity contribution in [2.75, 3.05) is 45.2 Å². The number of hydrogen-bond donors (Lipinski definition) is 2. The summed E-state index contributed by atoms with van der Waals surface area (Å²) in [7, 11) is 5.25. The molecule has 2 aliphatic heterocycles. The van der Waals surface area contributed by atoms with Gasteiger partial charge in [0.2, 0.25) is 5.91 Å². The Bertz CT molecular complexity index is 706. The van der Waals surface area contributed by atoms with E-state index < -0.39 is 5.60 Å². The number of carbonyl (C=O) groups excluding carboxylic acids is 2. The van der Waals surface area contributed by atoms with Gasteiger partial charge >= 0.3 is 6.03 Å². The molecule has 0 aliphatic carbocycles. The molecule has 9 heteroatoms. The maximum atomic E-state index is 12.8. The van der Waals surface area contributed by atoms with Crippen LogP contribution in [0.2, 0.25) is 0 Å². The van der Waals surface area contributed by atoms with Gasteiger partial charge in [0.05, 0.1) is 30.5 Å². The first-order valence-corrected chi connectivity index (χ1v) is 9.97. The minimum absolute atomic E-state index is 0.0436. The zero-order valence-electron chi connectivity index (χ0n) is 17.1. The number of aromatic nitrogens is 2. The van der Waals surface area contributed by atoms with Gasteiger partial charge in [-0.05, 0) is 25.7 Å². The van der Waals surface area contributed by atoms with Crippen LogP contribution in [0.5, 0.6) is 0 Å². The van der Waals surface area contributed by atoms with Crippen LogP contribution in [-0.4, -0.2) is 88.5 Å². The van der Waals surface area contributed by atoms with Crippen molar-refractivity contribution in [2.45, 2.75) is 43.7 Å². The third-order valence-corrected chi connectivity index (χ3v) is 5.63. The second kappa shape index (κ2) is 8.38. The van der Waals surface area contributed by atoms with Crippen molar-refractivity contribution in [1.82, 2.24) is 24.9 Å². The van der Waals surface area contributed by atoms with Gasteiger partial charge in [-0.2, -0.15) is 5.10 Å². The molecule has 3 heterocycles. The summed E-state index contributed by atoms with van der Waals surface area (Å²) in [4.78, 5) is 30.2. The molecule has 1 aromatic rings. The van der Waals surface area contributed by atoms with Crippen LogP contribution in [0, 0.1) is 0 Å². The van der Waals surface area contributed by atoms with Crippen LogP contribution in [0.15, 0.2) is 12.4 Å². The van der Waals surface area contributed by atoms with Crippen molar-refractivity contribution in [3.05, 3.63) is 12.4 Å². The quantitative estimate of drug-likeness (QED) is 0.774. The van der Waals surface area contributed by atoms with Crippen molar-refractivity contribution in [3.63, 3.8) is 0 Å². The molecule has 0 bridgehead atoms. The molecule has 2 saturated heterocycles. The summed E-state index contributed by atoms with van der Waals surface area (Å²) in [6.45, 7) is 2.49. The van der Waals surface area contributed by atoms with Crippen molar-refractivity contribution >= 4 is 17.6 Å². The third-order valence-electron chi connectivity index (χ3n) is 5.63. The highest BCUT2D eigenvalue weighted by atomic mass is 16.3. The molecule has 2 unspecified atom stereocenters. The van der Waals surface area contributed by atoms with E-state index in [1.54, 1.807) is 23.7 Å². The topological polar surface area (TPSA) is 93.9 Å². The van der Waals surface area contributed by atoms with E-state index in [1.807, 2.05) is 19.4 Å². The van der Waals surface area contributed by atoms with E-state index >= 15 is 0 Å². The Morgan fingerprint density at radius 1 is 1.36 bits per heavy atom. The van der Waals surface area contributed by atoms with Gasteiger partial charge in [0.15, 0.2) is 0 Å². The van der Waals surface area contributed by atoms with Gasteiger partial charge in [-0.3, -0.25) is 9.48 Å². The molecule has 1 aromatic heterocycles. The predicted octanol–water partition coefficient (Wildman–Crippen LogP) is 0.404. The predicted molar refractivity (Wildman–Crippen MR) is 106 cm³/mol. The van der Waals surface area contributed by atoms with Gasteiger partial charge in [0.1, 0.15) is 0 Å². The lowest BCUT2D eigenvalue weighted by molar-refractivity contribution is -0.135. The van der Waals surface area contributed by atoms with Crippen LogP contribution in [0.3, 0.4) is 0 Å². The van der Waals surface area contributed by atoms with E-state index in [0.717, 1.165) is 31.6 Å². The average molecular weight is 393 g/mol. The molecule has 2 aliphatic rings. The molecule has 3 rings (SSSR count). The minimum Gasteiger partial charge on any atom is -0.387 e. The third kappa shape index (κ3) is 4.95. The lowest BCUT2D eigenvalue weighted by Crippen LogP contribution is -2.57. The van der Waals surface area contributed by atoms with Gasteiger partial charge in [-0.25, -0.2) is 4.79 Å². The van der Waals surface area contributed by atoms with Gasteiger partial charge in [0, 0.05) is 53.0 Å². The second-order valence-electron chi connectivity index (χ2n) is 8.32. The summed E-state index contributed by atoms with van der Waals surface area (Å²) < 4.78 is 1.78. The maximum Gasteiger partial charge on any atom is 0.317 e. The zero-order chi connectivity index (χ0) is 20.3. The Balaban J connectivity index is 1.55. The smallest absolute Gasteiger partial charge is 0.317 e. The van der Waals surface area contributed by atoms with Crippen molar-refractivity contribution in [3.8, 4) is 0 Å². The lowest BCUT2D eigenvalue weighted by Gasteiger charge is -2.40. The summed E-state index contributed by atoms with van der Waals surface area (Å²) in [5.41, 5.74) is -0.0818. The fraction of sp³-hybridized carbons (Fsp3) is 0.737. The first-order valence-electron chi connectivity index (χ1n) is 9.97. The van der Waals surface area contributed by atoms with Crippen LogP contribution < -0.4 is 10.2 Å². The Morgan fingerprint density at radius 2 is 2.14 bits per heavy atom. The molecular weight excluding hydrogens is 360 g/mol. The molecule has 0 spiro atoms. The van der Waals surface area contributed by atoms with Crippen molar-refractivity contribution < 1.29 is 14.7 Å². The number of β-amino-alcohol motifs (C(OH)–C–C–N with tert-alkyl or cyclic N) is 1. The van der Waals surface area contributed by atoms with E-state index in [2.05, 4.69) is 15.3 Å². The molecule has 0 saturated carbocycles. The zero-order valence-corrected chi connectivity index (χ0v) is 17.1. The summed E-state index contributed by atoms with van der Waals surface area (Å²) in [6.07, 6.45) is 7.03. The fourth-order valence-corrected chi connectivity index (χ4v) is 4.04. The van der Waals surface area contributed by atoms with Crippen LogP contribution in [0.4, 0.5) is 10.5 Å². The Labute approximate surface area is 166 Å². The van der Waals surface area contributed by atoms with Crippen LogP contribution in [-0.2, 0) is 11.8 Å². The first-order chi connectivity index (χ1) is 13.3. The Kier molecular flexibility index (Phi) is 6.12. The Hall–Kier alpha value is -2.29. The van der Waals surface area contributed by atoms with Crippen molar-refractivity contribution in [2.24, 2.45) is 7.05 Å². The van der Waals surface area contributed by atoms with Crippen LogP contribution >= 0.6 is 0 Å². The summed E-state index contributed by atoms with van der Waals surface area (Å²) in [6, 6.07) is -0.103. The lowest BCUT2D eigenvalue weighted by atomic mass is 9.89. The fourth-order valence-electron chi connectivity index (χ4n) is 4.04. The monoisotopic (exact) mass is 392 g/mol. The summed E-state index contributed by atoms with van der Waals surface area (Å²) in [5.74, 6) is -0.121. The van der Waals surface area contributed by atoms with E-state index in [1.165, 1.54) is 4.90 Å². The second-order valence-corrected chi connectivity index (χ2v) is 8.32. The van der Waals surface area contributed by atoms with E-state index in [9.17, 15) is 14.7 Å². The highest BCUT2D eigenvalue weighted by molar-refractivity contribution is 5.78. The molecular formula is C19H32N6O3. The molecule has 2 N–H and O–H groups in total. The first kappa shape index (κ1) is 20.4. The number of hydrogen-bond acceptors (Lipinski definition) is 5. The maximum absolute atomic E-state index is 12.8. The van der Waals surface area contributed by atoms with E-state index in [-0.39, 0.29) is 30.9 Å². The summed E-state index contributed by atoms with van der Waals surface area (Å²) in [5, 5.41) is 18.2. The summed E-state index contributed by atoms with van der Waals surface area (Å²) >= 11 is 0. The molecule has 156 valence electrons. The molecule has 2 fully saturated rings. The standard InChI is InChI=1S/C19H32N6O3/c1-22(2)17(26)10-19(28)7-5-9-25(14-19)18(27)21-15-6-4-8-24(12-15)16-11-20-23(3)13-16/h11,13,15,28H,4-10,12,14H2,1-3H3,(H,21,27). The minimum atomic E-state index is -1.15. The molecule has 3 amide bonds. The number of nitrogens with one attached hydrogen (secondary N) is 1. The number of anilines is 1. The molecule has 0 aromatic carbocycles. The highest BCUT2D eigenvalue weighted by Gasteiger charge is 2.38. The number of urea groups is 1. The number of amides is 3. The number of piperidine rings is 2. The normalized spacial score (nSPS) is 25.5. The van der Waals surface area contributed by atoms with E-state index in [4.69, 9.17) is 0 Å². The van der Waals surface area contributed by atoms with E-state index in [0.29, 0.717) is 19.4 Å². The number of likely N-dealkylation sites (tertiary alicyclic amines) is 1. The molecule has 28 heavy (non-hydrogen) atoms. The number of aryl methyl sites for hydroxylation is 1. The number of aliphatic hydroxyl groups is 1.